The molecule has 2 fully saturated rings. The number of rotatable bonds is 13. The van der Waals surface area contributed by atoms with Crippen LogP contribution in [0.3, 0.4) is 0 Å². The van der Waals surface area contributed by atoms with Crippen molar-refractivity contribution >= 4 is 57.3 Å². The summed E-state index contributed by atoms with van der Waals surface area (Å²) in [6.07, 6.45) is 1.75. The predicted octanol–water partition coefficient (Wildman–Crippen LogP) is 8.06. The summed E-state index contributed by atoms with van der Waals surface area (Å²) in [6, 6.07) is 27.0. The van der Waals surface area contributed by atoms with Crippen molar-refractivity contribution in [3.05, 3.63) is 119 Å². The van der Waals surface area contributed by atoms with Crippen molar-refractivity contribution in [1.82, 2.24) is 19.8 Å². The number of aryl methyl sites for hydroxylation is 1. The molecule has 2 amide bonds. The highest BCUT2D eigenvalue weighted by Crippen LogP contribution is 2.69. The number of ether oxygens (including phenoxy) is 4. The molecule has 2 atom stereocenters. The third-order valence-corrected chi connectivity index (χ3v) is 13.4. The second kappa shape index (κ2) is 15.3. The van der Waals surface area contributed by atoms with Crippen LogP contribution in [0.4, 0.5) is 0 Å². The Labute approximate surface area is 333 Å². The van der Waals surface area contributed by atoms with E-state index in [4.69, 9.17) is 33.3 Å². The van der Waals surface area contributed by atoms with Gasteiger partial charge in [-0.1, -0.05) is 30.3 Å². The van der Waals surface area contributed by atoms with Crippen molar-refractivity contribution in [2.75, 3.05) is 38.9 Å². The van der Waals surface area contributed by atoms with Crippen LogP contribution in [0.15, 0.2) is 95.5 Å². The van der Waals surface area contributed by atoms with Gasteiger partial charge in [-0.3, -0.25) is 14.6 Å². The summed E-state index contributed by atoms with van der Waals surface area (Å²) in [6.45, 7) is 7.14. The number of carbonyl (C=O) groups is 2. The van der Waals surface area contributed by atoms with E-state index >= 15 is 0 Å². The van der Waals surface area contributed by atoms with Gasteiger partial charge >= 0.3 is 0 Å². The van der Waals surface area contributed by atoms with Crippen molar-refractivity contribution < 1.29 is 33.0 Å². The van der Waals surface area contributed by atoms with Crippen molar-refractivity contribution in [2.24, 2.45) is 0 Å². The molecule has 2 saturated heterocycles. The first kappa shape index (κ1) is 37.5. The van der Waals surface area contributed by atoms with Gasteiger partial charge in [0, 0.05) is 31.6 Å². The van der Waals surface area contributed by atoms with Crippen molar-refractivity contribution in [2.45, 2.75) is 43.6 Å². The molecule has 0 spiro atoms. The lowest BCUT2D eigenvalue weighted by atomic mass is 9.85. The predicted molar refractivity (Wildman–Crippen MR) is 218 cm³/mol. The number of thioether (sulfide) groups is 2. The highest BCUT2D eigenvalue weighted by molar-refractivity contribution is 8.05. The minimum absolute atomic E-state index is 0.109. The summed E-state index contributed by atoms with van der Waals surface area (Å²) in [5, 5.41) is 0.854. The number of methoxy groups -OCH3 is 2. The van der Waals surface area contributed by atoms with Crippen LogP contribution in [0.1, 0.15) is 42.0 Å². The van der Waals surface area contributed by atoms with E-state index in [9.17, 15) is 9.59 Å². The van der Waals surface area contributed by atoms with E-state index in [1.807, 2.05) is 109 Å². The molecule has 0 N–H and O–H groups in total. The fraction of sp³-hybridized carbons (Fsp3) is 0.302. The number of aromatic nitrogens is 2. The summed E-state index contributed by atoms with van der Waals surface area (Å²) in [4.78, 5) is 40.5. The molecule has 56 heavy (non-hydrogen) atoms. The fourth-order valence-electron chi connectivity index (χ4n) is 7.99. The van der Waals surface area contributed by atoms with Gasteiger partial charge in [0.1, 0.15) is 28.5 Å². The second-order valence-corrected chi connectivity index (χ2v) is 15.8. The largest absolute Gasteiger partial charge is 0.496 e. The van der Waals surface area contributed by atoms with Crippen LogP contribution in [0.25, 0.3) is 22.0 Å². The molecule has 0 saturated carbocycles. The van der Waals surface area contributed by atoms with Gasteiger partial charge in [0.2, 0.25) is 11.8 Å². The number of benzene rings is 4. The van der Waals surface area contributed by atoms with Crippen LogP contribution in [-0.4, -0.2) is 70.5 Å². The lowest BCUT2D eigenvalue weighted by molar-refractivity contribution is -0.141. The Bertz CT molecular complexity index is 2420. The van der Waals surface area contributed by atoms with Gasteiger partial charge in [-0.2, -0.15) is 0 Å². The van der Waals surface area contributed by atoms with Crippen LogP contribution >= 0.6 is 23.5 Å². The molecule has 4 aromatic carbocycles. The van der Waals surface area contributed by atoms with Crippen LogP contribution in [0.2, 0.25) is 0 Å². The third kappa shape index (κ3) is 6.08. The highest BCUT2D eigenvalue weighted by atomic mass is 32.2. The van der Waals surface area contributed by atoms with Crippen molar-refractivity contribution in [3.8, 4) is 23.0 Å². The monoisotopic (exact) mass is 790 g/mol. The Morgan fingerprint density at radius 1 is 0.714 bits per heavy atom. The first-order valence-corrected chi connectivity index (χ1v) is 20.4. The van der Waals surface area contributed by atoms with Crippen molar-refractivity contribution in [1.29, 1.82) is 0 Å². The molecule has 2 aromatic heterocycles. The number of hydrogen-bond donors (Lipinski definition) is 0. The summed E-state index contributed by atoms with van der Waals surface area (Å²) in [5.41, 5.74) is 4.72. The molecule has 6 aromatic rings. The van der Waals surface area contributed by atoms with Crippen LogP contribution in [-0.2, 0) is 32.4 Å². The van der Waals surface area contributed by atoms with Gasteiger partial charge in [-0.25, -0.2) is 4.98 Å². The quantitative estimate of drug-likeness (QED) is 0.113. The minimum atomic E-state index is -1.42. The minimum Gasteiger partial charge on any atom is -0.496 e. The zero-order valence-corrected chi connectivity index (χ0v) is 33.5. The van der Waals surface area contributed by atoms with E-state index in [1.54, 1.807) is 27.3 Å². The van der Waals surface area contributed by atoms with Gasteiger partial charge in [-0.05, 0) is 79.6 Å². The molecular weight excluding hydrogens is 749 g/mol. The maximum atomic E-state index is 14.9. The molecule has 2 aliphatic rings. The molecule has 8 rings (SSSR count). The highest BCUT2D eigenvalue weighted by Gasteiger charge is 2.71. The van der Waals surface area contributed by atoms with E-state index in [1.165, 1.54) is 23.5 Å². The Balaban J connectivity index is 1.49. The van der Waals surface area contributed by atoms with Gasteiger partial charge in [0.25, 0.3) is 0 Å². The Morgan fingerprint density at radius 2 is 1.25 bits per heavy atom. The first-order chi connectivity index (χ1) is 27.3. The number of nitrogens with zero attached hydrogens (tertiary/aromatic N) is 4. The summed E-state index contributed by atoms with van der Waals surface area (Å²) >= 11 is 2.92. The van der Waals surface area contributed by atoms with Crippen LogP contribution in [0, 0.1) is 6.92 Å². The second-order valence-electron chi connectivity index (χ2n) is 13.4. The van der Waals surface area contributed by atoms with E-state index in [0.717, 1.165) is 28.0 Å². The number of oxazole rings is 1. The fourth-order valence-corrected chi connectivity index (χ4v) is 11.5. The average molecular weight is 791 g/mol. The van der Waals surface area contributed by atoms with Gasteiger partial charge in [0.15, 0.2) is 21.2 Å². The molecule has 0 aliphatic carbocycles. The summed E-state index contributed by atoms with van der Waals surface area (Å²) in [7, 11) is 3.23. The zero-order valence-electron chi connectivity index (χ0n) is 31.9. The van der Waals surface area contributed by atoms with E-state index in [-0.39, 0.29) is 36.4 Å². The summed E-state index contributed by atoms with van der Waals surface area (Å²) < 4.78 is 30.6. The van der Waals surface area contributed by atoms with Gasteiger partial charge in [0.05, 0.1) is 55.6 Å². The Morgan fingerprint density at radius 3 is 1.80 bits per heavy atom. The van der Waals surface area contributed by atoms with E-state index in [0.29, 0.717) is 58.3 Å². The molecule has 4 heterocycles. The number of carbonyl (C=O) groups excluding carboxylic acids is 2. The molecule has 11 nitrogen and oxygen atoms in total. The molecule has 0 bridgehead atoms. The molecule has 13 heteroatoms. The number of pyridine rings is 1. The Kier molecular flexibility index (Phi) is 10.2. The number of amides is 2. The molecule has 0 radical (unpaired) electrons. The van der Waals surface area contributed by atoms with Gasteiger partial charge < -0.3 is 33.2 Å². The number of hydrogen-bond acceptors (Lipinski definition) is 11. The van der Waals surface area contributed by atoms with Gasteiger partial charge in [-0.15, -0.1) is 23.5 Å². The summed E-state index contributed by atoms with van der Waals surface area (Å²) in [5.74, 6) is 2.92. The zero-order chi connectivity index (χ0) is 39.0. The Hall–Kier alpha value is -5.40. The standard InChI is InChI=1S/C43H42N4O7S2/c1-6-52-31-15-10-28(11-16-31)23-46-36(48)25-55-42(46,38-34(50-4)20-14-30-9-8-22-44-40(30)38)43(39-35(51-5)21-19-33-41(39)54-27(3)45-33)47(37(49)26-56-43)24-29-12-17-32(18-13-29)53-7-2/h8-22H,6-7,23-26H2,1-5H3. The van der Waals surface area contributed by atoms with Crippen molar-refractivity contribution in [3.63, 3.8) is 0 Å². The SMILES string of the molecule is CCOc1ccc(CN2C(=O)CSC2(c2c(OC)ccc3cccnc23)C2(c3c(OC)ccc4nc(C)oc34)SCC(=O)N2Cc2ccc(OCC)cc2)cc1. The molecule has 2 aliphatic heterocycles. The lowest BCUT2D eigenvalue weighted by Gasteiger charge is -2.54. The topological polar surface area (TPSA) is 116 Å². The third-order valence-electron chi connectivity index (χ3n) is 10.3. The molecule has 2 unspecified atom stereocenters. The maximum Gasteiger partial charge on any atom is 0.234 e. The van der Waals surface area contributed by atoms with E-state index < -0.39 is 9.74 Å². The lowest BCUT2D eigenvalue weighted by Crippen LogP contribution is -2.61. The first-order valence-electron chi connectivity index (χ1n) is 18.5. The normalized spacial score (nSPS) is 19.7. The smallest absolute Gasteiger partial charge is 0.234 e. The average Bonchev–Trinajstić information content (AvgIpc) is 3.87. The van der Waals surface area contributed by atoms with Crippen LogP contribution < -0.4 is 18.9 Å². The maximum absolute atomic E-state index is 14.9. The number of fused-ring (bicyclic) bond motifs is 2. The molecule has 288 valence electrons. The van der Waals surface area contributed by atoms with E-state index in [2.05, 4.69) is 0 Å². The molecular formula is C43H42N4O7S2. The van der Waals surface area contributed by atoms with Crippen LogP contribution in [0.5, 0.6) is 23.0 Å².